The van der Waals surface area contributed by atoms with Gasteiger partial charge in [0.05, 0.1) is 5.54 Å². The molecule has 0 saturated heterocycles. The summed E-state index contributed by atoms with van der Waals surface area (Å²) < 4.78 is 0. The molecular formula is C9H15N5. The molecule has 1 heterocycles. The van der Waals surface area contributed by atoms with E-state index in [4.69, 9.17) is 5.73 Å². The van der Waals surface area contributed by atoms with Crippen molar-refractivity contribution in [2.45, 2.75) is 26.3 Å². The van der Waals surface area contributed by atoms with Crippen LogP contribution in [0.5, 0.6) is 0 Å². The molecule has 0 aromatic carbocycles. The molecule has 0 bridgehead atoms. The van der Waals surface area contributed by atoms with E-state index in [0.29, 0.717) is 11.8 Å². The second-order valence-corrected chi connectivity index (χ2v) is 3.90. The topological polar surface area (TPSA) is 76.2 Å². The SMILES string of the molecule is CC(C)(C)N=C(N)Nc1cccnn1. The fourth-order valence-electron chi connectivity index (χ4n) is 0.889. The van der Waals surface area contributed by atoms with Gasteiger partial charge in [0.15, 0.2) is 11.8 Å². The van der Waals surface area contributed by atoms with Crippen LogP contribution in [-0.4, -0.2) is 21.7 Å². The molecule has 1 aromatic rings. The first-order chi connectivity index (χ1) is 6.47. The third kappa shape index (κ3) is 3.84. The Balaban J connectivity index is 2.67. The number of nitrogens with zero attached hydrogens (tertiary/aromatic N) is 3. The summed E-state index contributed by atoms with van der Waals surface area (Å²) in [6.07, 6.45) is 1.60. The van der Waals surface area contributed by atoms with E-state index in [0.717, 1.165) is 0 Å². The van der Waals surface area contributed by atoms with Crippen molar-refractivity contribution >= 4 is 11.8 Å². The Labute approximate surface area is 83.4 Å². The van der Waals surface area contributed by atoms with Crippen molar-refractivity contribution in [2.24, 2.45) is 10.7 Å². The van der Waals surface area contributed by atoms with E-state index in [9.17, 15) is 0 Å². The quantitative estimate of drug-likeness (QED) is 0.515. The first-order valence-electron chi connectivity index (χ1n) is 4.37. The van der Waals surface area contributed by atoms with Gasteiger partial charge in [-0.3, -0.25) is 0 Å². The van der Waals surface area contributed by atoms with Gasteiger partial charge in [-0.05, 0) is 32.9 Å². The zero-order valence-corrected chi connectivity index (χ0v) is 8.65. The van der Waals surface area contributed by atoms with Crippen molar-refractivity contribution in [1.29, 1.82) is 0 Å². The maximum absolute atomic E-state index is 5.66. The Hall–Kier alpha value is -1.65. The van der Waals surface area contributed by atoms with Crippen molar-refractivity contribution in [3.8, 4) is 0 Å². The molecule has 76 valence electrons. The molecule has 0 saturated carbocycles. The predicted molar refractivity (Wildman–Crippen MR) is 57.0 cm³/mol. The van der Waals surface area contributed by atoms with Crippen molar-refractivity contribution in [2.75, 3.05) is 5.32 Å². The smallest absolute Gasteiger partial charge is 0.194 e. The highest BCUT2D eigenvalue weighted by molar-refractivity contribution is 5.91. The van der Waals surface area contributed by atoms with Crippen LogP contribution < -0.4 is 11.1 Å². The minimum atomic E-state index is -0.195. The average Bonchev–Trinajstić information content (AvgIpc) is 2.02. The van der Waals surface area contributed by atoms with Crippen LogP contribution >= 0.6 is 0 Å². The Bertz CT molecular complexity index is 312. The summed E-state index contributed by atoms with van der Waals surface area (Å²) in [5.41, 5.74) is 5.47. The van der Waals surface area contributed by atoms with Crippen molar-refractivity contribution in [3.05, 3.63) is 18.3 Å². The van der Waals surface area contributed by atoms with E-state index in [1.54, 1.807) is 18.3 Å². The first kappa shape index (κ1) is 10.4. The molecule has 3 N–H and O–H groups in total. The largest absolute Gasteiger partial charge is 0.370 e. The zero-order chi connectivity index (χ0) is 10.6. The van der Waals surface area contributed by atoms with Gasteiger partial charge < -0.3 is 11.1 Å². The number of aliphatic imine (C=N–C) groups is 1. The van der Waals surface area contributed by atoms with Crippen molar-refractivity contribution < 1.29 is 0 Å². The summed E-state index contributed by atoms with van der Waals surface area (Å²) in [6, 6.07) is 3.55. The maximum Gasteiger partial charge on any atom is 0.194 e. The summed E-state index contributed by atoms with van der Waals surface area (Å²) >= 11 is 0. The van der Waals surface area contributed by atoms with Crippen LogP contribution in [0.3, 0.4) is 0 Å². The van der Waals surface area contributed by atoms with Gasteiger partial charge in [-0.15, -0.1) is 5.10 Å². The summed E-state index contributed by atoms with van der Waals surface area (Å²) in [7, 11) is 0. The first-order valence-corrected chi connectivity index (χ1v) is 4.37. The number of aromatic nitrogens is 2. The number of rotatable bonds is 1. The van der Waals surface area contributed by atoms with Crippen LogP contribution in [-0.2, 0) is 0 Å². The van der Waals surface area contributed by atoms with E-state index in [2.05, 4.69) is 20.5 Å². The second-order valence-electron chi connectivity index (χ2n) is 3.90. The second kappa shape index (κ2) is 4.04. The molecule has 1 aromatic heterocycles. The van der Waals surface area contributed by atoms with Crippen LogP contribution in [0.1, 0.15) is 20.8 Å². The number of anilines is 1. The van der Waals surface area contributed by atoms with Gasteiger partial charge in [0, 0.05) is 6.20 Å². The predicted octanol–water partition coefficient (Wildman–Crippen LogP) is 1.00. The lowest BCUT2D eigenvalue weighted by molar-refractivity contribution is 0.583. The molecule has 0 spiro atoms. The van der Waals surface area contributed by atoms with Gasteiger partial charge >= 0.3 is 0 Å². The van der Waals surface area contributed by atoms with Crippen LogP contribution in [0.4, 0.5) is 5.82 Å². The number of hydrogen-bond acceptors (Lipinski definition) is 3. The molecule has 0 fully saturated rings. The van der Waals surface area contributed by atoms with E-state index < -0.39 is 0 Å². The van der Waals surface area contributed by atoms with Gasteiger partial charge in [0.25, 0.3) is 0 Å². The van der Waals surface area contributed by atoms with E-state index in [-0.39, 0.29) is 5.54 Å². The Morgan fingerprint density at radius 2 is 2.21 bits per heavy atom. The van der Waals surface area contributed by atoms with Crippen molar-refractivity contribution in [3.63, 3.8) is 0 Å². The molecule has 0 aliphatic carbocycles. The van der Waals surface area contributed by atoms with Gasteiger partial charge in [-0.1, -0.05) is 0 Å². The van der Waals surface area contributed by atoms with E-state index >= 15 is 0 Å². The minimum absolute atomic E-state index is 0.195. The maximum atomic E-state index is 5.66. The normalized spacial score (nSPS) is 12.6. The average molecular weight is 193 g/mol. The number of nitrogens with one attached hydrogen (secondary N) is 1. The van der Waals surface area contributed by atoms with Gasteiger partial charge in [0.1, 0.15) is 0 Å². The highest BCUT2D eigenvalue weighted by Crippen LogP contribution is 2.06. The lowest BCUT2D eigenvalue weighted by Gasteiger charge is -2.13. The fourth-order valence-corrected chi connectivity index (χ4v) is 0.889. The molecular weight excluding hydrogens is 178 g/mol. The summed E-state index contributed by atoms with van der Waals surface area (Å²) in [5, 5.41) is 10.4. The number of guanidine groups is 1. The molecule has 5 nitrogen and oxygen atoms in total. The minimum Gasteiger partial charge on any atom is -0.370 e. The van der Waals surface area contributed by atoms with Crippen LogP contribution in [0.15, 0.2) is 23.3 Å². The highest BCUT2D eigenvalue weighted by atomic mass is 15.2. The summed E-state index contributed by atoms with van der Waals surface area (Å²) in [4.78, 5) is 4.22. The van der Waals surface area contributed by atoms with Crippen LogP contribution in [0, 0.1) is 0 Å². The van der Waals surface area contributed by atoms with E-state index in [1.165, 1.54) is 0 Å². The summed E-state index contributed by atoms with van der Waals surface area (Å²) in [5.74, 6) is 0.941. The third-order valence-electron chi connectivity index (χ3n) is 1.28. The molecule has 1 rings (SSSR count). The molecule has 0 amide bonds. The molecule has 5 heteroatoms. The third-order valence-corrected chi connectivity index (χ3v) is 1.28. The molecule has 14 heavy (non-hydrogen) atoms. The van der Waals surface area contributed by atoms with Gasteiger partial charge in [-0.2, -0.15) is 5.10 Å². The zero-order valence-electron chi connectivity index (χ0n) is 8.65. The Morgan fingerprint density at radius 1 is 1.50 bits per heavy atom. The summed E-state index contributed by atoms with van der Waals surface area (Å²) in [6.45, 7) is 5.91. The standard InChI is InChI=1S/C9H15N5/c1-9(2,3)13-8(10)12-7-5-4-6-11-14-7/h4-6H,1-3H3,(H3,10,12,13,14). The Morgan fingerprint density at radius 3 is 2.71 bits per heavy atom. The monoisotopic (exact) mass is 193 g/mol. The lowest BCUT2D eigenvalue weighted by atomic mass is 10.1. The molecule has 0 radical (unpaired) electrons. The van der Waals surface area contributed by atoms with Crippen molar-refractivity contribution in [1.82, 2.24) is 10.2 Å². The van der Waals surface area contributed by atoms with Gasteiger partial charge in [-0.25, -0.2) is 4.99 Å². The Kier molecular flexibility index (Phi) is 3.01. The van der Waals surface area contributed by atoms with E-state index in [1.807, 2.05) is 20.8 Å². The fraction of sp³-hybridized carbons (Fsp3) is 0.444. The molecule has 0 aliphatic rings. The van der Waals surface area contributed by atoms with Gasteiger partial charge in [0.2, 0.25) is 0 Å². The molecule has 0 aliphatic heterocycles. The molecule has 0 atom stereocenters. The van der Waals surface area contributed by atoms with Crippen LogP contribution in [0.25, 0.3) is 0 Å². The highest BCUT2D eigenvalue weighted by Gasteiger charge is 2.08. The number of nitrogens with two attached hydrogens (primary N) is 1. The molecule has 0 unspecified atom stereocenters. The number of hydrogen-bond donors (Lipinski definition) is 2. The lowest BCUT2D eigenvalue weighted by Crippen LogP contribution is -2.27. The van der Waals surface area contributed by atoms with Crippen LogP contribution in [0.2, 0.25) is 0 Å².